The summed E-state index contributed by atoms with van der Waals surface area (Å²) in [5.41, 5.74) is 2.80. The summed E-state index contributed by atoms with van der Waals surface area (Å²) in [6.45, 7) is 2.30. The van der Waals surface area contributed by atoms with Crippen LogP contribution in [0.2, 0.25) is 10.0 Å². The Morgan fingerprint density at radius 2 is 1.81 bits per heavy atom. The highest BCUT2D eigenvalue weighted by atomic mass is 35.5. The number of carboxylic acid groups (broad SMARTS) is 1. The average molecular weight is 324 g/mol. The maximum Gasteiger partial charge on any atom is 0.323 e. The lowest BCUT2D eigenvalue weighted by Crippen LogP contribution is -2.29. The fourth-order valence-corrected chi connectivity index (χ4v) is 2.48. The molecule has 110 valence electrons. The van der Waals surface area contributed by atoms with Crippen LogP contribution in [-0.4, -0.2) is 17.6 Å². The average Bonchev–Trinajstić information content (AvgIpc) is 2.41. The van der Waals surface area contributed by atoms with Gasteiger partial charge in [0.1, 0.15) is 6.54 Å². The van der Waals surface area contributed by atoms with E-state index in [1.165, 1.54) is 0 Å². The van der Waals surface area contributed by atoms with Gasteiger partial charge >= 0.3 is 5.97 Å². The number of rotatable bonds is 5. The van der Waals surface area contributed by atoms with Crippen LogP contribution in [0.4, 0.5) is 5.69 Å². The monoisotopic (exact) mass is 323 g/mol. The number of aryl methyl sites for hydroxylation is 1. The molecule has 0 amide bonds. The zero-order valence-corrected chi connectivity index (χ0v) is 13.0. The van der Waals surface area contributed by atoms with E-state index >= 15 is 0 Å². The van der Waals surface area contributed by atoms with Gasteiger partial charge in [0.05, 0.1) is 0 Å². The van der Waals surface area contributed by atoms with E-state index in [9.17, 15) is 4.79 Å². The molecular weight excluding hydrogens is 309 g/mol. The van der Waals surface area contributed by atoms with Crippen molar-refractivity contribution in [1.29, 1.82) is 0 Å². The zero-order chi connectivity index (χ0) is 15.4. The highest BCUT2D eigenvalue weighted by Crippen LogP contribution is 2.25. The van der Waals surface area contributed by atoms with E-state index in [1.807, 2.05) is 37.3 Å². The summed E-state index contributed by atoms with van der Waals surface area (Å²) in [5, 5.41) is 10.2. The van der Waals surface area contributed by atoms with Gasteiger partial charge in [-0.05, 0) is 36.8 Å². The Morgan fingerprint density at radius 1 is 1.14 bits per heavy atom. The second-order valence-corrected chi connectivity index (χ2v) is 5.66. The van der Waals surface area contributed by atoms with Gasteiger partial charge in [0.2, 0.25) is 0 Å². The molecule has 0 saturated heterocycles. The third-order valence-corrected chi connectivity index (χ3v) is 3.69. The maximum atomic E-state index is 11.1. The first kappa shape index (κ1) is 15.7. The standard InChI is InChI=1S/C16H15Cl2NO2/c1-11-2-6-14(7-3-11)19(10-16(20)21)9-12-4-5-13(17)8-15(12)18/h2-8H,9-10H2,1H3,(H,20,21). The minimum absolute atomic E-state index is 0.0952. The van der Waals surface area contributed by atoms with Crippen molar-refractivity contribution in [2.75, 3.05) is 11.4 Å². The fourth-order valence-electron chi connectivity index (χ4n) is 2.01. The van der Waals surface area contributed by atoms with Gasteiger partial charge < -0.3 is 10.0 Å². The quantitative estimate of drug-likeness (QED) is 0.886. The lowest BCUT2D eigenvalue weighted by molar-refractivity contribution is -0.135. The summed E-state index contributed by atoms with van der Waals surface area (Å²) in [4.78, 5) is 12.8. The van der Waals surface area contributed by atoms with Gasteiger partial charge in [0.15, 0.2) is 0 Å². The van der Waals surface area contributed by atoms with Crippen molar-refractivity contribution in [2.45, 2.75) is 13.5 Å². The van der Waals surface area contributed by atoms with Crippen LogP contribution >= 0.6 is 23.2 Å². The predicted octanol–water partition coefficient (Wildman–Crippen LogP) is 4.39. The number of aliphatic carboxylic acids is 1. The third kappa shape index (κ3) is 4.38. The third-order valence-electron chi connectivity index (χ3n) is 3.10. The number of nitrogens with zero attached hydrogens (tertiary/aromatic N) is 1. The smallest absolute Gasteiger partial charge is 0.323 e. The highest BCUT2D eigenvalue weighted by molar-refractivity contribution is 6.35. The normalized spacial score (nSPS) is 10.4. The molecule has 0 heterocycles. The summed E-state index contributed by atoms with van der Waals surface area (Å²) < 4.78 is 0. The summed E-state index contributed by atoms with van der Waals surface area (Å²) in [6, 6.07) is 12.9. The highest BCUT2D eigenvalue weighted by Gasteiger charge is 2.13. The predicted molar refractivity (Wildman–Crippen MR) is 86.3 cm³/mol. The van der Waals surface area contributed by atoms with Crippen LogP contribution < -0.4 is 4.90 Å². The van der Waals surface area contributed by atoms with Gasteiger partial charge in [-0.25, -0.2) is 0 Å². The van der Waals surface area contributed by atoms with Crippen molar-refractivity contribution >= 4 is 34.9 Å². The van der Waals surface area contributed by atoms with Crippen LogP contribution in [0.3, 0.4) is 0 Å². The van der Waals surface area contributed by atoms with Gasteiger partial charge in [-0.15, -0.1) is 0 Å². The number of hydrogen-bond donors (Lipinski definition) is 1. The number of carboxylic acids is 1. The van der Waals surface area contributed by atoms with Gasteiger partial charge in [-0.3, -0.25) is 4.79 Å². The van der Waals surface area contributed by atoms with Crippen molar-refractivity contribution in [3.8, 4) is 0 Å². The topological polar surface area (TPSA) is 40.5 Å². The first-order valence-electron chi connectivity index (χ1n) is 6.43. The molecule has 2 aromatic rings. The first-order chi connectivity index (χ1) is 9.95. The number of hydrogen-bond acceptors (Lipinski definition) is 2. The number of carbonyl (C=O) groups is 1. The second kappa shape index (κ2) is 6.83. The largest absolute Gasteiger partial charge is 0.480 e. The molecule has 0 saturated carbocycles. The molecule has 2 aromatic carbocycles. The van der Waals surface area contributed by atoms with Crippen molar-refractivity contribution in [2.24, 2.45) is 0 Å². The summed E-state index contributed by atoms with van der Waals surface area (Å²) in [7, 11) is 0. The molecule has 0 spiro atoms. The molecule has 0 bridgehead atoms. The van der Waals surface area contributed by atoms with E-state index < -0.39 is 5.97 Å². The van der Waals surface area contributed by atoms with E-state index in [4.69, 9.17) is 28.3 Å². The molecule has 0 aliphatic carbocycles. The molecule has 0 aliphatic rings. The van der Waals surface area contributed by atoms with E-state index in [-0.39, 0.29) is 6.54 Å². The number of anilines is 1. The fraction of sp³-hybridized carbons (Fsp3) is 0.188. The number of benzene rings is 2. The van der Waals surface area contributed by atoms with E-state index in [2.05, 4.69) is 0 Å². The van der Waals surface area contributed by atoms with Crippen LogP contribution in [0.5, 0.6) is 0 Å². The lowest BCUT2D eigenvalue weighted by Gasteiger charge is -2.23. The van der Waals surface area contributed by atoms with Crippen molar-refractivity contribution < 1.29 is 9.90 Å². The Kier molecular flexibility index (Phi) is 5.10. The summed E-state index contributed by atoms with van der Waals surface area (Å²) in [5.74, 6) is -0.888. The molecule has 3 nitrogen and oxygen atoms in total. The molecule has 0 fully saturated rings. The Bertz CT molecular complexity index is 641. The van der Waals surface area contributed by atoms with Crippen molar-refractivity contribution in [3.63, 3.8) is 0 Å². The Labute approximate surface area is 133 Å². The lowest BCUT2D eigenvalue weighted by atomic mass is 10.1. The Morgan fingerprint density at radius 3 is 2.38 bits per heavy atom. The maximum absolute atomic E-state index is 11.1. The Balaban J connectivity index is 2.27. The summed E-state index contributed by atoms with van der Waals surface area (Å²) in [6.07, 6.45) is 0. The molecular formula is C16H15Cl2NO2. The zero-order valence-electron chi connectivity index (χ0n) is 11.5. The van der Waals surface area contributed by atoms with E-state index in [0.717, 1.165) is 16.8 Å². The number of halogens is 2. The molecule has 0 radical (unpaired) electrons. The van der Waals surface area contributed by atoms with Gasteiger partial charge in [0, 0.05) is 22.3 Å². The van der Waals surface area contributed by atoms with E-state index in [0.29, 0.717) is 16.6 Å². The molecule has 21 heavy (non-hydrogen) atoms. The van der Waals surface area contributed by atoms with Crippen molar-refractivity contribution in [3.05, 3.63) is 63.6 Å². The molecule has 1 N–H and O–H groups in total. The summed E-state index contributed by atoms with van der Waals surface area (Å²) >= 11 is 12.0. The molecule has 0 unspecified atom stereocenters. The molecule has 0 atom stereocenters. The first-order valence-corrected chi connectivity index (χ1v) is 7.18. The van der Waals surface area contributed by atoms with Crippen LogP contribution in [-0.2, 0) is 11.3 Å². The van der Waals surface area contributed by atoms with Crippen LogP contribution in [0, 0.1) is 6.92 Å². The van der Waals surface area contributed by atoms with Gasteiger partial charge in [-0.2, -0.15) is 0 Å². The Hall–Kier alpha value is -1.71. The van der Waals surface area contributed by atoms with Crippen molar-refractivity contribution in [1.82, 2.24) is 0 Å². The molecule has 5 heteroatoms. The van der Waals surface area contributed by atoms with Crippen LogP contribution in [0.15, 0.2) is 42.5 Å². The minimum atomic E-state index is -0.888. The molecule has 0 aliphatic heterocycles. The van der Waals surface area contributed by atoms with Gasteiger partial charge in [0.25, 0.3) is 0 Å². The minimum Gasteiger partial charge on any atom is -0.480 e. The van der Waals surface area contributed by atoms with E-state index in [1.54, 1.807) is 17.0 Å². The SMILES string of the molecule is Cc1ccc(N(CC(=O)O)Cc2ccc(Cl)cc2Cl)cc1. The van der Waals surface area contributed by atoms with Gasteiger partial charge in [-0.1, -0.05) is 47.0 Å². The van der Waals surface area contributed by atoms with Crippen LogP contribution in [0.1, 0.15) is 11.1 Å². The molecule has 2 rings (SSSR count). The van der Waals surface area contributed by atoms with Crippen LogP contribution in [0.25, 0.3) is 0 Å². The molecule has 0 aromatic heterocycles. The second-order valence-electron chi connectivity index (χ2n) is 4.82.